The summed E-state index contributed by atoms with van der Waals surface area (Å²) in [6.45, 7) is 12.6. The maximum absolute atomic E-state index is 12.7. The summed E-state index contributed by atoms with van der Waals surface area (Å²) in [5.74, 6) is 0.216. The zero-order chi connectivity index (χ0) is 26.1. The smallest absolute Gasteiger partial charge is 0.240 e. The highest BCUT2D eigenvalue weighted by molar-refractivity contribution is 6.13. The van der Waals surface area contributed by atoms with E-state index in [-0.39, 0.29) is 16.7 Å². The second kappa shape index (κ2) is 9.77. The Labute approximate surface area is 214 Å². The van der Waals surface area contributed by atoms with Crippen molar-refractivity contribution in [3.8, 4) is 5.75 Å². The van der Waals surface area contributed by atoms with E-state index >= 15 is 0 Å². The van der Waals surface area contributed by atoms with E-state index in [1.165, 1.54) is 0 Å². The Morgan fingerprint density at radius 1 is 0.833 bits per heavy atom. The van der Waals surface area contributed by atoms with Crippen LogP contribution in [0.3, 0.4) is 0 Å². The van der Waals surface area contributed by atoms with Gasteiger partial charge in [0.2, 0.25) is 5.91 Å². The molecule has 0 aromatic heterocycles. The van der Waals surface area contributed by atoms with Crippen LogP contribution < -0.4 is 5.43 Å². The molecule has 0 saturated carbocycles. The number of amides is 1. The third kappa shape index (κ3) is 5.43. The average molecular weight is 481 g/mol. The lowest BCUT2D eigenvalue weighted by Gasteiger charge is -2.28. The minimum Gasteiger partial charge on any atom is -0.507 e. The summed E-state index contributed by atoms with van der Waals surface area (Å²) in [4.78, 5) is 12.7. The van der Waals surface area contributed by atoms with Crippen molar-refractivity contribution in [3.63, 3.8) is 0 Å². The van der Waals surface area contributed by atoms with Crippen LogP contribution in [-0.4, -0.2) is 17.2 Å². The summed E-state index contributed by atoms with van der Waals surface area (Å²) >= 11 is 0. The van der Waals surface area contributed by atoms with Gasteiger partial charge in [-0.3, -0.25) is 4.79 Å². The Balaban J connectivity index is 1.53. The van der Waals surface area contributed by atoms with Crippen LogP contribution in [0.15, 0.2) is 71.8 Å². The summed E-state index contributed by atoms with van der Waals surface area (Å²) in [7, 11) is 0. The molecule has 0 bridgehead atoms. The summed E-state index contributed by atoms with van der Waals surface area (Å²) < 4.78 is 0. The molecule has 36 heavy (non-hydrogen) atoms. The first kappa shape index (κ1) is 25.4. The molecule has 4 heteroatoms. The van der Waals surface area contributed by atoms with Crippen molar-refractivity contribution in [1.29, 1.82) is 0 Å². The summed E-state index contributed by atoms with van der Waals surface area (Å²) in [6, 6.07) is 22.7. The van der Waals surface area contributed by atoms with Gasteiger partial charge < -0.3 is 5.11 Å². The van der Waals surface area contributed by atoms with Crippen LogP contribution in [0.2, 0.25) is 0 Å². The number of phenolic OH excluding ortho intramolecular Hbond substituents is 1. The van der Waals surface area contributed by atoms with Gasteiger partial charge >= 0.3 is 0 Å². The van der Waals surface area contributed by atoms with E-state index in [1.54, 1.807) is 6.21 Å². The number of nitrogens with zero attached hydrogens (tertiary/aromatic N) is 1. The fourth-order valence-electron chi connectivity index (χ4n) is 4.65. The van der Waals surface area contributed by atoms with Gasteiger partial charge in [0.05, 0.1) is 6.21 Å². The maximum Gasteiger partial charge on any atom is 0.240 e. The van der Waals surface area contributed by atoms with Crippen LogP contribution in [0.5, 0.6) is 5.75 Å². The van der Waals surface area contributed by atoms with Gasteiger partial charge in [0.1, 0.15) is 5.75 Å². The van der Waals surface area contributed by atoms with E-state index in [1.807, 2.05) is 36.4 Å². The number of hydrogen-bond donors (Lipinski definition) is 2. The van der Waals surface area contributed by atoms with Crippen LogP contribution >= 0.6 is 0 Å². The molecule has 0 saturated heterocycles. The average Bonchev–Trinajstić information content (AvgIpc) is 2.81. The quantitative estimate of drug-likeness (QED) is 0.178. The molecule has 0 aliphatic rings. The number of hydrogen-bond acceptors (Lipinski definition) is 3. The number of hydrazone groups is 1. The summed E-state index contributed by atoms with van der Waals surface area (Å²) in [5.41, 5.74) is 6.17. The van der Waals surface area contributed by atoms with Crippen molar-refractivity contribution < 1.29 is 9.90 Å². The largest absolute Gasteiger partial charge is 0.507 e. The molecule has 0 atom stereocenters. The highest BCUT2D eigenvalue weighted by Crippen LogP contribution is 2.40. The van der Waals surface area contributed by atoms with Crippen molar-refractivity contribution in [3.05, 3.63) is 89.0 Å². The zero-order valence-electron chi connectivity index (χ0n) is 22.1. The van der Waals surface area contributed by atoms with E-state index < -0.39 is 0 Å². The van der Waals surface area contributed by atoms with E-state index in [0.29, 0.717) is 18.6 Å². The molecule has 186 valence electrons. The fourth-order valence-corrected chi connectivity index (χ4v) is 4.65. The molecular weight excluding hydrogens is 444 g/mol. The number of rotatable bonds is 5. The first-order valence-electron chi connectivity index (χ1n) is 12.5. The Kier molecular flexibility index (Phi) is 6.90. The van der Waals surface area contributed by atoms with Gasteiger partial charge in [-0.05, 0) is 61.6 Å². The molecular formula is C32H36N2O2. The molecule has 4 nitrogen and oxygen atoms in total. The molecule has 1 amide bonds. The predicted molar refractivity (Wildman–Crippen MR) is 151 cm³/mol. The standard InChI is InChI=1S/C32H36N2O2/c1-31(2,3)27-17-21(18-28(30(27)36)32(4,5)6)15-16-29(35)34-33-20-26-24-13-9-7-11-22(24)19-23-12-8-10-14-25(23)26/h7-14,17-20,36H,15-16H2,1-6H3,(H,34,35)/b33-20-. The third-order valence-electron chi connectivity index (χ3n) is 6.62. The van der Waals surface area contributed by atoms with Crippen LogP contribution in [0.25, 0.3) is 21.5 Å². The van der Waals surface area contributed by atoms with E-state index in [4.69, 9.17) is 0 Å². The Morgan fingerprint density at radius 2 is 1.33 bits per heavy atom. The van der Waals surface area contributed by atoms with E-state index in [9.17, 15) is 9.90 Å². The highest BCUT2D eigenvalue weighted by atomic mass is 16.3. The lowest BCUT2D eigenvalue weighted by atomic mass is 9.78. The van der Waals surface area contributed by atoms with Crippen molar-refractivity contribution in [1.82, 2.24) is 5.43 Å². The van der Waals surface area contributed by atoms with Crippen molar-refractivity contribution in [2.45, 2.75) is 65.2 Å². The van der Waals surface area contributed by atoms with Crippen LogP contribution in [0.4, 0.5) is 0 Å². The number of aryl methyl sites for hydroxylation is 1. The Morgan fingerprint density at radius 3 is 1.83 bits per heavy atom. The first-order chi connectivity index (χ1) is 16.9. The van der Waals surface area contributed by atoms with Gasteiger partial charge in [-0.15, -0.1) is 0 Å². The topological polar surface area (TPSA) is 61.7 Å². The van der Waals surface area contributed by atoms with Gasteiger partial charge in [-0.25, -0.2) is 5.43 Å². The molecule has 0 fully saturated rings. The molecule has 4 rings (SSSR count). The van der Waals surface area contributed by atoms with Crippen molar-refractivity contribution in [2.24, 2.45) is 5.10 Å². The van der Waals surface area contributed by atoms with Crippen LogP contribution in [0, 0.1) is 0 Å². The molecule has 0 radical (unpaired) electrons. The summed E-state index contributed by atoms with van der Waals surface area (Å²) in [6.07, 6.45) is 2.63. The molecule has 0 aliphatic heterocycles. The van der Waals surface area contributed by atoms with Gasteiger partial charge in [-0.1, -0.05) is 102 Å². The number of fused-ring (bicyclic) bond motifs is 2. The Bertz CT molecular complexity index is 1360. The molecule has 4 aromatic rings. The lowest BCUT2D eigenvalue weighted by molar-refractivity contribution is -0.121. The monoisotopic (exact) mass is 480 g/mol. The van der Waals surface area contributed by atoms with Gasteiger partial charge in [0.25, 0.3) is 0 Å². The molecule has 0 unspecified atom stereocenters. The van der Waals surface area contributed by atoms with E-state index in [0.717, 1.165) is 43.8 Å². The van der Waals surface area contributed by atoms with Crippen LogP contribution in [-0.2, 0) is 22.0 Å². The maximum atomic E-state index is 12.7. The predicted octanol–water partition coefficient (Wildman–Crippen LogP) is 7.38. The van der Waals surface area contributed by atoms with Crippen LogP contribution in [0.1, 0.15) is 70.2 Å². The molecule has 0 aliphatic carbocycles. The van der Waals surface area contributed by atoms with Gasteiger partial charge in [0, 0.05) is 12.0 Å². The lowest BCUT2D eigenvalue weighted by Crippen LogP contribution is -2.20. The minimum atomic E-state index is -0.201. The van der Waals surface area contributed by atoms with Crippen molar-refractivity contribution >= 4 is 33.7 Å². The number of aromatic hydroxyl groups is 1. The molecule has 0 heterocycles. The number of phenols is 1. The minimum absolute atomic E-state index is 0.140. The summed E-state index contributed by atoms with van der Waals surface area (Å²) in [5, 5.41) is 19.7. The second-order valence-corrected chi connectivity index (χ2v) is 11.6. The number of carbonyl (C=O) groups is 1. The third-order valence-corrected chi connectivity index (χ3v) is 6.62. The fraction of sp³-hybridized carbons (Fsp3) is 0.312. The van der Waals surface area contributed by atoms with Crippen molar-refractivity contribution in [2.75, 3.05) is 0 Å². The van der Waals surface area contributed by atoms with E-state index in [2.05, 4.69) is 82.4 Å². The van der Waals surface area contributed by atoms with Gasteiger partial charge in [0.15, 0.2) is 0 Å². The SMILES string of the molecule is CC(C)(C)c1cc(CCC(=O)N/N=C\c2c3ccccc3cc3ccccc23)cc(C(C)(C)C)c1O. The number of benzene rings is 4. The number of carbonyl (C=O) groups excluding carboxylic acids is 1. The first-order valence-corrected chi connectivity index (χ1v) is 12.5. The normalized spacial score (nSPS) is 12.5. The zero-order valence-corrected chi connectivity index (χ0v) is 22.1. The second-order valence-electron chi connectivity index (χ2n) is 11.6. The molecule has 4 aromatic carbocycles. The number of nitrogens with one attached hydrogen (secondary N) is 1. The molecule has 2 N–H and O–H groups in total. The Hall–Kier alpha value is -3.66. The highest BCUT2D eigenvalue weighted by Gasteiger charge is 2.26. The molecule has 0 spiro atoms. The van der Waals surface area contributed by atoms with Gasteiger partial charge in [-0.2, -0.15) is 5.10 Å².